The number of aromatic nitrogens is 2. The van der Waals surface area contributed by atoms with E-state index in [2.05, 4.69) is 6.92 Å². The van der Waals surface area contributed by atoms with Crippen molar-refractivity contribution in [2.45, 2.75) is 58.7 Å². The summed E-state index contributed by atoms with van der Waals surface area (Å²) in [5, 5.41) is 9.01. The van der Waals surface area contributed by atoms with E-state index in [0.717, 1.165) is 17.4 Å². The highest BCUT2D eigenvalue weighted by atomic mass is 16.5. The van der Waals surface area contributed by atoms with E-state index >= 15 is 0 Å². The van der Waals surface area contributed by atoms with Crippen LogP contribution in [0.4, 0.5) is 0 Å². The van der Waals surface area contributed by atoms with Crippen molar-refractivity contribution in [1.29, 1.82) is 5.26 Å². The molecule has 0 bridgehead atoms. The van der Waals surface area contributed by atoms with E-state index in [9.17, 15) is 9.59 Å². The third kappa shape index (κ3) is 3.47. The summed E-state index contributed by atoms with van der Waals surface area (Å²) in [6, 6.07) is 1.85. The third-order valence-corrected chi connectivity index (χ3v) is 4.38. The van der Waals surface area contributed by atoms with Gasteiger partial charge in [0.15, 0.2) is 0 Å². The fourth-order valence-corrected chi connectivity index (χ4v) is 2.98. The lowest BCUT2D eigenvalue weighted by atomic mass is 9.88. The minimum atomic E-state index is -0.530. The predicted molar refractivity (Wildman–Crippen MR) is 82.7 cm³/mol. The van der Waals surface area contributed by atoms with E-state index in [1.807, 2.05) is 6.07 Å². The van der Waals surface area contributed by atoms with Gasteiger partial charge in [-0.2, -0.15) is 5.26 Å². The predicted octanol–water partition coefficient (Wildman–Crippen LogP) is 1.50. The number of nitrogens with zero attached hydrogens (tertiary/aromatic N) is 3. The number of hydrogen-bond acceptors (Lipinski definition) is 4. The molecule has 0 unspecified atom stereocenters. The third-order valence-electron chi connectivity index (χ3n) is 4.38. The summed E-state index contributed by atoms with van der Waals surface area (Å²) in [6.07, 6.45) is 6.14. The number of ether oxygens (including phenoxy) is 1. The van der Waals surface area contributed by atoms with Gasteiger partial charge in [0.05, 0.1) is 19.3 Å². The molecule has 1 aliphatic carbocycles. The maximum atomic E-state index is 12.2. The summed E-state index contributed by atoms with van der Waals surface area (Å²) in [6.45, 7) is 4.92. The maximum absolute atomic E-state index is 12.2. The van der Waals surface area contributed by atoms with Crippen molar-refractivity contribution in [1.82, 2.24) is 9.13 Å². The van der Waals surface area contributed by atoms with Crippen LogP contribution >= 0.6 is 0 Å². The highest BCUT2D eigenvalue weighted by Gasteiger charge is 2.21. The fraction of sp³-hybridized carbons (Fsp3) is 0.688. The molecule has 0 saturated heterocycles. The molecule has 0 aromatic carbocycles. The molecule has 22 heavy (non-hydrogen) atoms. The van der Waals surface area contributed by atoms with Crippen LogP contribution in [0, 0.1) is 17.2 Å². The Bertz CT molecular complexity index is 669. The topological polar surface area (TPSA) is 77.0 Å². The minimum Gasteiger partial charge on any atom is -0.376 e. The Hall–Kier alpha value is -1.87. The van der Waals surface area contributed by atoms with Crippen molar-refractivity contribution >= 4 is 0 Å². The van der Waals surface area contributed by atoms with Crippen molar-refractivity contribution in [2.75, 3.05) is 6.61 Å². The molecule has 1 aliphatic rings. The van der Waals surface area contributed by atoms with Gasteiger partial charge in [0.25, 0.3) is 5.56 Å². The summed E-state index contributed by atoms with van der Waals surface area (Å²) >= 11 is 0. The van der Waals surface area contributed by atoms with Crippen LogP contribution in [0.25, 0.3) is 0 Å². The average molecular weight is 305 g/mol. The van der Waals surface area contributed by atoms with Gasteiger partial charge in [-0.25, -0.2) is 4.79 Å². The monoisotopic (exact) mass is 305 g/mol. The lowest BCUT2D eigenvalue weighted by molar-refractivity contribution is -0.00907. The molecular formula is C16H23N3O3. The Morgan fingerprint density at radius 1 is 1.36 bits per heavy atom. The first kappa shape index (κ1) is 16.5. The first-order valence-corrected chi connectivity index (χ1v) is 7.94. The summed E-state index contributed by atoms with van der Waals surface area (Å²) in [7, 11) is 0. The molecule has 120 valence electrons. The van der Waals surface area contributed by atoms with Crippen LogP contribution in [0.5, 0.6) is 0 Å². The normalized spacial score (nSPS) is 21.5. The van der Waals surface area contributed by atoms with Gasteiger partial charge in [0.1, 0.15) is 11.6 Å². The second-order valence-corrected chi connectivity index (χ2v) is 5.85. The van der Waals surface area contributed by atoms with Crippen molar-refractivity contribution < 1.29 is 4.74 Å². The number of rotatable bonds is 5. The molecule has 0 aliphatic heterocycles. The van der Waals surface area contributed by atoms with Gasteiger partial charge in [-0.1, -0.05) is 19.8 Å². The Balaban J connectivity index is 2.11. The molecule has 1 fully saturated rings. The van der Waals surface area contributed by atoms with E-state index in [-0.39, 0.29) is 23.9 Å². The molecule has 0 amide bonds. The SMILES string of the molecule is CCn1cc(C#N)c(=O)n(CCO[C@H]2CCCC[C@H]2C)c1=O. The fourth-order valence-electron chi connectivity index (χ4n) is 2.98. The first-order chi connectivity index (χ1) is 10.6. The van der Waals surface area contributed by atoms with Crippen molar-refractivity contribution in [2.24, 2.45) is 5.92 Å². The molecule has 0 spiro atoms. The molecule has 0 radical (unpaired) electrons. The summed E-state index contributed by atoms with van der Waals surface area (Å²) in [4.78, 5) is 24.3. The van der Waals surface area contributed by atoms with Crippen molar-refractivity contribution in [3.05, 3.63) is 32.6 Å². The van der Waals surface area contributed by atoms with Crippen LogP contribution in [0.2, 0.25) is 0 Å². The zero-order valence-electron chi connectivity index (χ0n) is 13.2. The number of aryl methyl sites for hydroxylation is 1. The summed E-state index contributed by atoms with van der Waals surface area (Å²) in [5.41, 5.74) is -0.920. The molecule has 1 aromatic rings. The van der Waals surface area contributed by atoms with E-state index < -0.39 is 5.56 Å². The number of hydrogen-bond donors (Lipinski definition) is 0. The first-order valence-electron chi connectivity index (χ1n) is 7.94. The minimum absolute atomic E-state index is 0.00696. The van der Waals surface area contributed by atoms with Crippen molar-refractivity contribution in [3.8, 4) is 6.07 Å². The van der Waals surface area contributed by atoms with Crippen LogP contribution in [-0.2, 0) is 17.8 Å². The Labute approximate surface area is 129 Å². The molecular weight excluding hydrogens is 282 g/mol. The van der Waals surface area contributed by atoms with Crippen LogP contribution in [-0.4, -0.2) is 21.8 Å². The van der Waals surface area contributed by atoms with Crippen molar-refractivity contribution in [3.63, 3.8) is 0 Å². The van der Waals surface area contributed by atoms with Gasteiger partial charge in [0, 0.05) is 12.7 Å². The standard InChI is InChI=1S/C16H23N3O3/c1-3-18-11-13(10-17)15(20)19(16(18)21)8-9-22-14-7-5-4-6-12(14)2/h11-12,14H,3-9H2,1-2H3/t12-,14+/m1/s1. The highest BCUT2D eigenvalue weighted by Crippen LogP contribution is 2.26. The van der Waals surface area contributed by atoms with Gasteiger partial charge in [-0.3, -0.25) is 13.9 Å². The smallest absolute Gasteiger partial charge is 0.331 e. The number of nitriles is 1. The Morgan fingerprint density at radius 2 is 2.09 bits per heavy atom. The molecule has 6 heteroatoms. The van der Waals surface area contributed by atoms with Gasteiger partial charge in [-0.05, 0) is 25.7 Å². The zero-order valence-corrected chi connectivity index (χ0v) is 13.2. The summed E-state index contributed by atoms with van der Waals surface area (Å²) in [5.74, 6) is 0.517. The Morgan fingerprint density at radius 3 is 2.73 bits per heavy atom. The largest absolute Gasteiger partial charge is 0.376 e. The van der Waals surface area contributed by atoms with Gasteiger partial charge < -0.3 is 4.74 Å². The average Bonchev–Trinajstić information content (AvgIpc) is 2.52. The van der Waals surface area contributed by atoms with Gasteiger partial charge in [-0.15, -0.1) is 0 Å². The highest BCUT2D eigenvalue weighted by molar-refractivity contribution is 5.22. The van der Waals surface area contributed by atoms with Crippen LogP contribution in [0.3, 0.4) is 0 Å². The Kier molecular flexibility index (Phi) is 5.56. The van der Waals surface area contributed by atoms with E-state index in [1.165, 1.54) is 23.6 Å². The van der Waals surface area contributed by atoms with Gasteiger partial charge >= 0.3 is 5.69 Å². The van der Waals surface area contributed by atoms with Crippen LogP contribution in [0.15, 0.2) is 15.8 Å². The quantitative estimate of drug-likeness (QED) is 0.826. The van der Waals surface area contributed by atoms with Crippen LogP contribution in [0.1, 0.15) is 45.1 Å². The molecule has 1 heterocycles. The second kappa shape index (κ2) is 7.41. The lowest BCUT2D eigenvalue weighted by Crippen LogP contribution is -2.42. The maximum Gasteiger partial charge on any atom is 0.331 e. The molecule has 1 saturated carbocycles. The lowest BCUT2D eigenvalue weighted by Gasteiger charge is -2.28. The van der Waals surface area contributed by atoms with Gasteiger partial charge in [0.2, 0.25) is 0 Å². The molecule has 2 atom stereocenters. The second-order valence-electron chi connectivity index (χ2n) is 5.85. The molecule has 0 N–H and O–H groups in total. The van der Waals surface area contributed by atoms with Crippen LogP contribution < -0.4 is 11.2 Å². The van der Waals surface area contributed by atoms with E-state index in [1.54, 1.807) is 6.92 Å². The van der Waals surface area contributed by atoms with E-state index in [0.29, 0.717) is 19.1 Å². The summed E-state index contributed by atoms with van der Waals surface area (Å²) < 4.78 is 8.35. The molecule has 2 rings (SSSR count). The molecule has 6 nitrogen and oxygen atoms in total. The molecule has 1 aromatic heterocycles. The van der Waals surface area contributed by atoms with E-state index in [4.69, 9.17) is 10.00 Å². The zero-order chi connectivity index (χ0) is 16.1.